The maximum Gasteiger partial charge on any atom is 0.225 e. The van der Waals surface area contributed by atoms with Crippen molar-refractivity contribution in [3.63, 3.8) is 0 Å². The number of hydrogen-bond donors (Lipinski definition) is 5. The molecule has 0 aromatic carbocycles. The average Bonchev–Trinajstić information content (AvgIpc) is 3.59. The highest BCUT2D eigenvalue weighted by molar-refractivity contribution is 7.21. The van der Waals surface area contributed by atoms with Crippen LogP contribution in [-0.2, 0) is 0 Å². The number of fused-ring (bicyclic) bond motifs is 2. The number of anilines is 2. The zero-order valence-electron chi connectivity index (χ0n) is 20.8. The Morgan fingerprint density at radius 1 is 1.21 bits per heavy atom. The SMILES string of the molecule is Cc1nc(NC(C)c2cc3ncccc3o2)nc(N[C@@]2(O)CC[C@H](CO)[C@H]2O)c1-c1nc2cnccc2s1. The molecule has 0 radical (unpaired) electrons. The van der Waals surface area contributed by atoms with Crippen molar-refractivity contribution in [3.8, 4) is 10.6 Å². The highest BCUT2D eigenvalue weighted by Crippen LogP contribution is 2.41. The Balaban J connectivity index is 1.39. The van der Waals surface area contributed by atoms with Crippen LogP contribution >= 0.6 is 11.3 Å². The highest BCUT2D eigenvalue weighted by Gasteiger charge is 2.47. The van der Waals surface area contributed by atoms with Crippen LogP contribution in [0.15, 0.2) is 47.3 Å². The van der Waals surface area contributed by atoms with Gasteiger partial charge in [0.25, 0.3) is 0 Å². The number of hydrogen-bond acceptors (Lipinski definition) is 12. The van der Waals surface area contributed by atoms with Gasteiger partial charge in [0, 0.05) is 31.0 Å². The normalized spacial score (nSPS) is 22.2. The van der Waals surface area contributed by atoms with E-state index in [9.17, 15) is 15.3 Å². The lowest BCUT2D eigenvalue weighted by atomic mass is 10.0. The van der Waals surface area contributed by atoms with E-state index in [0.29, 0.717) is 45.8 Å². The van der Waals surface area contributed by atoms with Crippen LogP contribution in [0.3, 0.4) is 0 Å². The van der Waals surface area contributed by atoms with Gasteiger partial charge in [-0.05, 0) is 44.9 Å². The molecule has 0 bridgehead atoms. The molecule has 5 aromatic heterocycles. The van der Waals surface area contributed by atoms with Crippen molar-refractivity contribution in [1.29, 1.82) is 0 Å². The van der Waals surface area contributed by atoms with Crippen LogP contribution in [0.25, 0.3) is 31.9 Å². The minimum atomic E-state index is -1.67. The molecule has 5 heterocycles. The van der Waals surface area contributed by atoms with Gasteiger partial charge in [-0.15, -0.1) is 11.3 Å². The number of aromatic nitrogens is 5. The van der Waals surface area contributed by atoms with Crippen LogP contribution in [0.4, 0.5) is 11.8 Å². The average molecular weight is 534 g/mol. The lowest BCUT2D eigenvalue weighted by Gasteiger charge is -2.31. The van der Waals surface area contributed by atoms with E-state index in [0.717, 1.165) is 15.7 Å². The Bertz CT molecular complexity index is 1560. The fourth-order valence-electron chi connectivity index (χ4n) is 4.87. The second-order valence-corrected chi connectivity index (χ2v) is 10.6. The molecular formula is C26H27N7O4S. The summed E-state index contributed by atoms with van der Waals surface area (Å²) in [5.41, 5.74) is 1.76. The van der Waals surface area contributed by atoms with Crippen molar-refractivity contribution in [1.82, 2.24) is 24.9 Å². The Morgan fingerprint density at radius 3 is 2.84 bits per heavy atom. The van der Waals surface area contributed by atoms with Crippen molar-refractivity contribution >= 4 is 44.4 Å². The molecule has 1 aliphatic carbocycles. The number of pyridine rings is 2. The summed E-state index contributed by atoms with van der Waals surface area (Å²) in [6.45, 7) is 3.56. The Labute approximate surface area is 221 Å². The number of aliphatic hydroxyl groups is 3. The number of furan rings is 1. The first-order valence-corrected chi connectivity index (χ1v) is 13.2. The molecule has 1 aliphatic rings. The molecule has 38 heavy (non-hydrogen) atoms. The van der Waals surface area contributed by atoms with Crippen LogP contribution in [0.2, 0.25) is 0 Å². The van der Waals surface area contributed by atoms with Crippen LogP contribution in [0.1, 0.15) is 37.3 Å². The van der Waals surface area contributed by atoms with E-state index >= 15 is 0 Å². The zero-order valence-corrected chi connectivity index (χ0v) is 21.6. The minimum Gasteiger partial charge on any atom is -0.457 e. The Hall–Kier alpha value is -3.71. The van der Waals surface area contributed by atoms with Gasteiger partial charge in [-0.1, -0.05) is 0 Å². The highest BCUT2D eigenvalue weighted by atomic mass is 32.1. The molecule has 0 saturated heterocycles. The van der Waals surface area contributed by atoms with Crippen molar-refractivity contribution in [2.75, 3.05) is 17.2 Å². The van der Waals surface area contributed by atoms with E-state index in [2.05, 4.69) is 20.6 Å². The molecule has 6 rings (SSSR count). The molecule has 0 spiro atoms. The minimum absolute atomic E-state index is 0.220. The lowest BCUT2D eigenvalue weighted by Crippen LogP contribution is -2.48. The third-order valence-corrected chi connectivity index (χ3v) is 8.03. The van der Waals surface area contributed by atoms with E-state index in [-0.39, 0.29) is 19.1 Å². The largest absolute Gasteiger partial charge is 0.457 e. The molecular weight excluding hydrogens is 506 g/mol. The summed E-state index contributed by atoms with van der Waals surface area (Å²) in [4.78, 5) is 22.6. The van der Waals surface area contributed by atoms with Crippen LogP contribution in [0.5, 0.6) is 0 Å². The third-order valence-electron chi connectivity index (χ3n) is 6.97. The first-order valence-electron chi connectivity index (χ1n) is 12.3. The van der Waals surface area contributed by atoms with Gasteiger partial charge in [0.15, 0.2) is 11.3 Å². The van der Waals surface area contributed by atoms with Gasteiger partial charge in [-0.3, -0.25) is 9.97 Å². The van der Waals surface area contributed by atoms with E-state index in [1.165, 1.54) is 11.3 Å². The van der Waals surface area contributed by atoms with Crippen molar-refractivity contribution < 1.29 is 19.7 Å². The molecule has 1 unspecified atom stereocenters. The number of nitrogens with zero attached hydrogens (tertiary/aromatic N) is 5. The standard InChI is InChI=1S/C26H27N7O4S/c1-13(19-10-16-18(37-19)4-3-8-28-16)29-25-30-14(2)21(24-31-17-11-27-9-6-20(17)38-24)23(32-25)33-26(36)7-5-15(12-34)22(26)35/h3-4,6,8-11,13,15,22,34-36H,5,7,12H2,1-2H3,(H2,29,30,32,33)/t13?,15-,22-,26-/m1/s1. The molecule has 1 fully saturated rings. The number of aryl methyl sites for hydroxylation is 1. The number of rotatable bonds is 7. The van der Waals surface area contributed by atoms with E-state index in [4.69, 9.17) is 19.4 Å². The summed E-state index contributed by atoms with van der Waals surface area (Å²) >= 11 is 1.46. The van der Waals surface area contributed by atoms with Crippen LogP contribution in [0, 0.1) is 12.8 Å². The molecule has 5 N–H and O–H groups in total. The van der Waals surface area contributed by atoms with Gasteiger partial charge in [0.1, 0.15) is 33.7 Å². The number of aliphatic hydroxyl groups excluding tert-OH is 2. The first-order chi connectivity index (χ1) is 18.3. The maximum atomic E-state index is 11.3. The Kier molecular flexibility index (Phi) is 6.19. The second kappa shape index (κ2) is 9.55. The van der Waals surface area contributed by atoms with E-state index in [1.54, 1.807) is 18.6 Å². The molecule has 196 valence electrons. The monoisotopic (exact) mass is 533 g/mol. The second-order valence-electron chi connectivity index (χ2n) is 9.60. The Morgan fingerprint density at radius 2 is 2.08 bits per heavy atom. The smallest absolute Gasteiger partial charge is 0.225 e. The van der Waals surface area contributed by atoms with E-state index in [1.807, 2.05) is 38.1 Å². The number of nitrogens with one attached hydrogen (secondary N) is 2. The van der Waals surface area contributed by atoms with Crippen LogP contribution in [-0.4, -0.2) is 58.7 Å². The summed E-state index contributed by atoms with van der Waals surface area (Å²) in [6.07, 6.45) is 4.66. The predicted octanol–water partition coefficient (Wildman–Crippen LogP) is 3.63. The molecule has 0 aliphatic heterocycles. The van der Waals surface area contributed by atoms with Crippen molar-refractivity contribution in [2.24, 2.45) is 5.92 Å². The molecule has 4 atom stereocenters. The molecule has 5 aromatic rings. The van der Waals surface area contributed by atoms with Gasteiger partial charge in [-0.25, -0.2) is 9.97 Å². The zero-order chi connectivity index (χ0) is 26.4. The number of thiazole rings is 1. The summed E-state index contributed by atoms with van der Waals surface area (Å²) in [5.74, 6) is 0.873. The molecule has 0 amide bonds. The fourth-order valence-corrected chi connectivity index (χ4v) is 5.90. The third kappa shape index (κ3) is 4.35. The maximum absolute atomic E-state index is 11.3. The first kappa shape index (κ1) is 24.6. The lowest BCUT2D eigenvalue weighted by molar-refractivity contribution is -0.0545. The van der Waals surface area contributed by atoms with Crippen LogP contribution < -0.4 is 10.6 Å². The van der Waals surface area contributed by atoms with Gasteiger partial charge < -0.3 is 30.4 Å². The van der Waals surface area contributed by atoms with Gasteiger partial charge in [0.05, 0.1) is 28.2 Å². The van der Waals surface area contributed by atoms with Crippen molar-refractivity contribution in [2.45, 2.75) is 44.6 Å². The summed E-state index contributed by atoms with van der Waals surface area (Å²) in [6, 6.07) is 7.15. The topological polar surface area (TPSA) is 162 Å². The molecule has 12 heteroatoms. The summed E-state index contributed by atoms with van der Waals surface area (Å²) in [5, 5.41) is 38.8. The summed E-state index contributed by atoms with van der Waals surface area (Å²) < 4.78 is 6.90. The van der Waals surface area contributed by atoms with Gasteiger partial charge in [-0.2, -0.15) is 4.98 Å². The quantitative estimate of drug-likeness (QED) is 0.194. The van der Waals surface area contributed by atoms with E-state index < -0.39 is 17.7 Å². The van der Waals surface area contributed by atoms with Crippen molar-refractivity contribution in [3.05, 3.63) is 54.3 Å². The molecule has 1 saturated carbocycles. The molecule has 11 nitrogen and oxygen atoms in total. The predicted molar refractivity (Wildman–Crippen MR) is 144 cm³/mol. The van der Waals surface area contributed by atoms with Gasteiger partial charge >= 0.3 is 0 Å². The fraction of sp³-hybridized carbons (Fsp3) is 0.346. The van der Waals surface area contributed by atoms with Gasteiger partial charge in [0.2, 0.25) is 5.95 Å². The summed E-state index contributed by atoms with van der Waals surface area (Å²) in [7, 11) is 0.